The van der Waals surface area contributed by atoms with Gasteiger partial charge in [0.15, 0.2) is 17.3 Å². The summed E-state index contributed by atoms with van der Waals surface area (Å²) in [4.78, 5) is 22.7. The predicted octanol–water partition coefficient (Wildman–Crippen LogP) is 2.34. The lowest BCUT2D eigenvalue weighted by atomic mass is 9.82. The number of benzene rings is 1. The molecule has 1 aliphatic heterocycles. The van der Waals surface area contributed by atoms with Crippen LogP contribution in [0.5, 0.6) is 11.5 Å². The molecule has 1 aliphatic carbocycles. The van der Waals surface area contributed by atoms with Crippen LogP contribution in [-0.2, 0) is 4.79 Å². The number of rotatable bonds is 4. The van der Waals surface area contributed by atoms with Gasteiger partial charge in [-0.1, -0.05) is 6.07 Å². The third-order valence-corrected chi connectivity index (χ3v) is 3.91. The second-order valence-electron chi connectivity index (χ2n) is 5.32. The number of ketones is 1. The van der Waals surface area contributed by atoms with E-state index < -0.39 is 17.4 Å². The van der Waals surface area contributed by atoms with Crippen LogP contribution < -0.4 is 9.47 Å². The zero-order valence-electron chi connectivity index (χ0n) is 11.8. The summed E-state index contributed by atoms with van der Waals surface area (Å²) in [6, 6.07) is 4.97. The monoisotopic (exact) mass is 305 g/mol. The second-order valence-corrected chi connectivity index (χ2v) is 5.32. The highest BCUT2D eigenvalue weighted by Crippen LogP contribution is 2.38. The van der Waals surface area contributed by atoms with E-state index in [9.17, 15) is 20.0 Å². The Bertz CT molecular complexity index is 666. The quantitative estimate of drug-likeness (QED) is 0.677. The van der Waals surface area contributed by atoms with E-state index in [0.29, 0.717) is 36.3 Å². The number of aliphatic hydroxyl groups excluding tert-OH is 1. The van der Waals surface area contributed by atoms with Crippen molar-refractivity contribution in [2.75, 3.05) is 13.3 Å². The van der Waals surface area contributed by atoms with Gasteiger partial charge in [0.05, 0.1) is 11.7 Å². The number of ether oxygens (including phenoxy) is 2. The van der Waals surface area contributed by atoms with Crippen LogP contribution in [0.2, 0.25) is 0 Å². The Hall–Kier alpha value is -2.57. The molecule has 7 nitrogen and oxygen atoms in total. The molecule has 1 atom stereocenters. The zero-order valence-corrected chi connectivity index (χ0v) is 11.8. The van der Waals surface area contributed by atoms with Crippen LogP contribution >= 0.6 is 0 Å². The number of carbonyl (C=O) groups excluding carboxylic acids is 1. The highest BCUT2D eigenvalue weighted by molar-refractivity contribution is 5.98. The fourth-order valence-electron chi connectivity index (χ4n) is 2.88. The molecule has 2 aliphatic rings. The van der Waals surface area contributed by atoms with Gasteiger partial charge in [-0.3, -0.25) is 14.9 Å². The molecule has 7 heteroatoms. The van der Waals surface area contributed by atoms with Gasteiger partial charge in [-0.2, -0.15) is 0 Å². The van der Waals surface area contributed by atoms with E-state index in [1.807, 2.05) is 0 Å². The highest BCUT2D eigenvalue weighted by Gasteiger charge is 2.33. The average Bonchev–Trinajstić information content (AvgIpc) is 2.92. The summed E-state index contributed by atoms with van der Waals surface area (Å²) in [5, 5.41) is 21.1. The summed E-state index contributed by atoms with van der Waals surface area (Å²) in [6.07, 6.45) is 1.25. The fourth-order valence-corrected chi connectivity index (χ4v) is 2.88. The molecule has 0 saturated heterocycles. The minimum Gasteiger partial charge on any atom is -0.512 e. The summed E-state index contributed by atoms with van der Waals surface area (Å²) < 4.78 is 10.5. The Morgan fingerprint density at radius 3 is 2.77 bits per heavy atom. The number of allylic oxidation sites excluding steroid dienone is 1. The molecule has 3 rings (SSSR count). The van der Waals surface area contributed by atoms with Crippen LogP contribution in [0.4, 0.5) is 0 Å². The molecule has 22 heavy (non-hydrogen) atoms. The van der Waals surface area contributed by atoms with E-state index in [0.717, 1.165) is 0 Å². The number of Topliss-reactive ketones (excluding diaryl/α,β-unsaturated/α-hetero) is 1. The first-order valence-electron chi connectivity index (χ1n) is 7.03. The van der Waals surface area contributed by atoms with Gasteiger partial charge in [0, 0.05) is 23.3 Å². The summed E-state index contributed by atoms with van der Waals surface area (Å²) in [7, 11) is 0. The third kappa shape index (κ3) is 2.61. The third-order valence-electron chi connectivity index (χ3n) is 3.91. The van der Waals surface area contributed by atoms with Gasteiger partial charge >= 0.3 is 0 Å². The molecule has 1 heterocycles. The predicted molar refractivity (Wildman–Crippen MR) is 75.7 cm³/mol. The molecule has 0 bridgehead atoms. The molecule has 0 saturated carbocycles. The van der Waals surface area contributed by atoms with E-state index in [-0.39, 0.29) is 23.9 Å². The molecule has 0 amide bonds. The van der Waals surface area contributed by atoms with Gasteiger partial charge in [-0.25, -0.2) is 0 Å². The smallest absolute Gasteiger partial charge is 0.231 e. The van der Waals surface area contributed by atoms with Crippen molar-refractivity contribution in [1.82, 2.24) is 0 Å². The van der Waals surface area contributed by atoms with Crippen molar-refractivity contribution in [2.24, 2.45) is 0 Å². The lowest BCUT2D eigenvalue weighted by Gasteiger charge is -2.21. The van der Waals surface area contributed by atoms with Crippen molar-refractivity contribution in [3.63, 3.8) is 0 Å². The highest BCUT2D eigenvalue weighted by atomic mass is 16.7. The van der Waals surface area contributed by atoms with Crippen LogP contribution in [0.1, 0.15) is 30.7 Å². The SMILES string of the molecule is O=C1CCCC(O)=C1C(C[N+](=O)[O-])c1ccc2c(c1)OCO2. The van der Waals surface area contributed by atoms with E-state index in [2.05, 4.69) is 0 Å². The summed E-state index contributed by atoms with van der Waals surface area (Å²) in [6.45, 7) is -0.351. The lowest BCUT2D eigenvalue weighted by molar-refractivity contribution is -0.481. The standard InChI is InChI=1S/C15H15NO6/c17-11-2-1-3-12(18)15(11)10(7-16(19)20)9-4-5-13-14(6-9)22-8-21-13/h4-6,10,17H,1-3,7-8H2. The van der Waals surface area contributed by atoms with Gasteiger partial charge in [-0.05, 0) is 24.1 Å². The summed E-state index contributed by atoms with van der Waals surface area (Å²) >= 11 is 0. The number of carbonyl (C=O) groups is 1. The van der Waals surface area contributed by atoms with Gasteiger partial charge < -0.3 is 14.6 Å². The van der Waals surface area contributed by atoms with Crippen LogP contribution in [0.15, 0.2) is 29.5 Å². The molecule has 0 aromatic heterocycles. The van der Waals surface area contributed by atoms with E-state index in [1.165, 1.54) is 0 Å². The number of aliphatic hydroxyl groups is 1. The summed E-state index contributed by atoms with van der Waals surface area (Å²) in [5.41, 5.74) is 0.722. The maximum absolute atomic E-state index is 12.1. The Balaban J connectivity index is 2.03. The molecule has 1 aromatic rings. The minimum absolute atomic E-state index is 0.0410. The fraction of sp³-hybridized carbons (Fsp3) is 0.400. The minimum atomic E-state index is -0.780. The van der Waals surface area contributed by atoms with Crippen molar-refractivity contribution in [3.05, 3.63) is 45.2 Å². The molecular formula is C15H15NO6. The van der Waals surface area contributed by atoms with Crippen LogP contribution in [0, 0.1) is 10.1 Å². The first-order valence-corrected chi connectivity index (χ1v) is 7.03. The largest absolute Gasteiger partial charge is 0.512 e. The first kappa shape index (κ1) is 14.4. The van der Waals surface area contributed by atoms with Crippen LogP contribution in [0.3, 0.4) is 0 Å². The van der Waals surface area contributed by atoms with Crippen LogP contribution in [0.25, 0.3) is 0 Å². The Labute approximate surface area is 126 Å². The molecule has 1 unspecified atom stereocenters. The topological polar surface area (TPSA) is 98.9 Å². The maximum Gasteiger partial charge on any atom is 0.231 e. The number of hydrogen-bond donors (Lipinski definition) is 1. The first-order chi connectivity index (χ1) is 10.6. The normalized spacial score (nSPS) is 18.5. The van der Waals surface area contributed by atoms with Crippen molar-refractivity contribution in [1.29, 1.82) is 0 Å². The van der Waals surface area contributed by atoms with E-state index >= 15 is 0 Å². The van der Waals surface area contributed by atoms with Gasteiger partial charge in [0.1, 0.15) is 0 Å². The molecule has 0 fully saturated rings. The van der Waals surface area contributed by atoms with E-state index in [1.54, 1.807) is 18.2 Å². The summed E-state index contributed by atoms with van der Waals surface area (Å²) in [5.74, 6) is 0.0114. The molecule has 1 N–H and O–H groups in total. The number of nitro groups is 1. The second kappa shape index (κ2) is 5.67. The van der Waals surface area contributed by atoms with Gasteiger partial charge in [-0.15, -0.1) is 0 Å². The molecule has 0 radical (unpaired) electrons. The number of nitrogens with zero attached hydrogens (tertiary/aromatic N) is 1. The number of fused-ring (bicyclic) bond motifs is 1. The van der Waals surface area contributed by atoms with Gasteiger partial charge in [0.25, 0.3) is 0 Å². The molecule has 1 aromatic carbocycles. The van der Waals surface area contributed by atoms with Crippen molar-refractivity contribution < 1.29 is 24.3 Å². The average molecular weight is 305 g/mol. The van der Waals surface area contributed by atoms with Crippen molar-refractivity contribution in [3.8, 4) is 11.5 Å². The Morgan fingerprint density at radius 1 is 1.27 bits per heavy atom. The maximum atomic E-state index is 12.1. The molecule has 116 valence electrons. The van der Waals surface area contributed by atoms with Crippen molar-refractivity contribution >= 4 is 5.78 Å². The Kier molecular flexibility index (Phi) is 3.70. The molecule has 0 spiro atoms. The zero-order chi connectivity index (χ0) is 15.7. The molecular weight excluding hydrogens is 290 g/mol. The van der Waals surface area contributed by atoms with Crippen molar-refractivity contribution in [2.45, 2.75) is 25.2 Å². The lowest BCUT2D eigenvalue weighted by Crippen LogP contribution is -2.23. The van der Waals surface area contributed by atoms with E-state index in [4.69, 9.17) is 9.47 Å². The van der Waals surface area contributed by atoms with Crippen LogP contribution in [-0.4, -0.2) is 29.2 Å². The Morgan fingerprint density at radius 2 is 2.05 bits per heavy atom. The number of hydrogen-bond acceptors (Lipinski definition) is 6. The van der Waals surface area contributed by atoms with Gasteiger partial charge in [0.2, 0.25) is 13.3 Å².